The van der Waals surface area contributed by atoms with Crippen molar-refractivity contribution >= 4 is 17.4 Å². The lowest BCUT2D eigenvalue weighted by molar-refractivity contribution is -0.117. The number of nitriles is 1. The SMILES string of the molecule is N#CC1=C(N)OC2=C(C(=O)C[C@@H](c3ccco3)C2)[C@H]1c1ccc(Cl)cc1. The van der Waals surface area contributed by atoms with Crippen LogP contribution in [0.1, 0.15) is 36.0 Å². The summed E-state index contributed by atoms with van der Waals surface area (Å²) < 4.78 is 11.1. The van der Waals surface area contributed by atoms with Crippen LogP contribution in [0.25, 0.3) is 0 Å². The molecule has 0 amide bonds. The molecule has 2 aliphatic rings. The van der Waals surface area contributed by atoms with Crippen molar-refractivity contribution in [3.63, 3.8) is 0 Å². The smallest absolute Gasteiger partial charge is 0.205 e. The number of carbonyl (C=O) groups is 1. The quantitative estimate of drug-likeness (QED) is 0.862. The summed E-state index contributed by atoms with van der Waals surface area (Å²) in [5, 5.41) is 10.2. The van der Waals surface area contributed by atoms with E-state index in [1.807, 2.05) is 6.07 Å². The number of nitrogens with two attached hydrogens (primary N) is 1. The minimum Gasteiger partial charge on any atom is -0.469 e. The molecule has 2 aromatic rings. The van der Waals surface area contributed by atoms with Crippen LogP contribution in [0.15, 0.2) is 69.9 Å². The summed E-state index contributed by atoms with van der Waals surface area (Å²) in [7, 11) is 0. The summed E-state index contributed by atoms with van der Waals surface area (Å²) in [6.07, 6.45) is 2.39. The van der Waals surface area contributed by atoms with E-state index in [4.69, 9.17) is 26.5 Å². The normalized spacial score (nSPS) is 22.7. The largest absolute Gasteiger partial charge is 0.469 e. The molecule has 2 heterocycles. The Kier molecular flexibility index (Phi) is 4.06. The second-order valence-electron chi connectivity index (χ2n) is 6.36. The predicted molar refractivity (Wildman–Crippen MR) is 94.8 cm³/mol. The molecule has 1 aromatic carbocycles. The first-order chi connectivity index (χ1) is 12.6. The highest BCUT2D eigenvalue weighted by atomic mass is 35.5. The molecule has 1 aliphatic carbocycles. The van der Waals surface area contributed by atoms with Crippen LogP contribution in [0.4, 0.5) is 0 Å². The Balaban J connectivity index is 1.80. The number of benzene rings is 1. The molecule has 0 fully saturated rings. The van der Waals surface area contributed by atoms with E-state index < -0.39 is 5.92 Å². The lowest BCUT2D eigenvalue weighted by Crippen LogP contribution is -2.29. The van der Waals surface area contributed by atoms with Gasteiger partial charge in [0.15, 0.2) is 5.78 Å². The zero-order valence-corrected chi connectivity index (χ0v) is 14.5. The molecular weight excluding hydrogens is 352 g/mol. The number of hydrogen-bond donors (Lipinski definition) is 1. The molecule has 0 saturated heterocycles. The van der Waals surface area contributed by atoms with E-state index in [0.717, 1.165) is 11.3 Å². The number of hydrogen-bond acceptors (Lipinski definition) is 5. The van der Waals surface area contributed by atoms with Gasteiger partial charge in [-0.05, 0) is 29.8 Å². The average molecular weight is 367 g/mol. The monoisotopic (exact) mass is 366 g/mol. The second-order valence-corrected chi connectivity index (χ2v) is 6.79. The number of rotatable bonds is 2. The highest BCUT2D eigenvalue weighted by Gasteiger charge is 2.41. The molecule has 2 N–H and O–H groups in total. The van der Waals surface area contributed by atoms with Crippen molar-refractivity contribution in [2.24, 2.45) is 5.73 Å². The fourth-order valence-corrected chi connectivity index (χ4v) is 3.75. The van der Waals surface area contributed by atoms with Crippen LogP contribution in [-0.4, -0.2) is 5.78 Å². The third kappa shape index (κ3) is 2.69. The number of carbonyl (C=O) groups excluding carboxylic acids is 1. The van der Waals surface area contributed by atoms with Crippen molar-refractivity contribution in [3.8, 4) is 6.07 Å². The van der Waals surface area contributed by atoms with Gasteiger partial charge >= 0.3 is 0 Å². The molecule has 0 saturated carbocycles. The maximum atomic E-state index is 13.0. The Morgan fingerprint density at radius 2 is 1.96 bits per heavy atom. The molecule has 0 unspecified atom stereocenters. The van der Waals surface area contributed by atoms with Crippen molar-refractivity contribution in [3.05, 3.63) is 81.8 Å². The van der Waals surface area contributed by atoms with Gasteiger partial charge in [-0.15, -0.1) is 0 Å². The Hall–Kier alpha value is -2.97. The summed E-state index contributed by atoms with van der Waals surface area (Å²) in [6, 6.07) is 12.8. The Labute approximate surface area is 155 Å². The first kappa shape index (κ1) is 16.5. The van der Waals surface area contributed by atoms with Crippen molar-refractivity contribution < 1.29 is 13.9 Å². The minimum atomic E-state index is -0.536. The standard InChI is InChI=1S/C20H15ClN2O3/c21-13-5-3-11(4-6-13)18-14(10-22)20(23)26-17-9-12(8-15(24)19(17)18)16-2-1-7-25-16/h1-7,12,18H,8-9,23H2/t12-,18+/m1/s1. The molecule has 4 rings (SSSR count). The lowest BCUT2D eigenvalue weighted by atomic mass is 9.74. The van der Waals surface area contributed by atoms with Crippen LogP contribution in [0, 0.1) is 11.3 Å². The van der Waals surface area contributed by atoms with Gasteiger partial charge in [0.05, 0.1) is 12.2 Å². The molecule has 2 atom stereocenters. The number of ether oxygens (including phenoxy) is 1. The molecule has 1 aliphatic heterocycles. The van der Waals surface area contributed by atoms with Gasteiger partial charge in [0.1, 0.15) is 23.2 Å². The van der Waals surface area contributed by atoms with Crippen molar-refractivity contribution in [2.45, 2.75) is 24.7 Å². The third-order valence-electron chi connectivity index (χ3n) is 4.81. The van der Waals surface area contributed by atoms with Gasteiger partial charge in [-0.2, -0.15) is 5.26 Å². The molecule has 6 heteroatoms. The zero-order chi connectivity index (χ0) is 18.3. The van der Waals surface area contributed by atoms with Gasteiger partial charge in [0.2, 0.25) is 5.88 Å². The van der Waals surface area contributed by atoms with Gasteiger partial charge in [0.25, 0.3) is 0 Å². The van der Waals surface area contributed by atoms with E-state index in [9.17, 15) is 10.1 Å². The van der Waals surface area contributed by atoms with Crippen LogP contribution < -0.4 is 5.73 Å². The molecule has 0 bridgehead atoms. The molecule has 1 aromatic heterocycles. The number of Topliss-reactive ketones (excluding diaryl/α,β-unsaturated/α-hetero) is 1. The predicted octanol–water partition coefficient (Wildman–Crippen LogP) is 4.14. The van der Waals surface area contributed by atoms with Gasteiger partial charge in [-0.25, -0.2) is 0 Å². The number of furan rings is 1. The molecule has 26 heavy (non-hydrogen) atoms. The van der Waals surface area contributed by atoms with Crippen molar-refractivity contribution in [1.82, 2.24) is 0 Å². The Morgan fingerprint density at radius 1 is 1.19 bits per heavy atom. The molecule has 130 valence electrons. The fourth-order valence-electron chi connectivity index (χ4n) is 3.62. The highest BCUT2D eigenvalue weighted by molar-refractivity contribution is 6.30. The Bertz CT molecular complexity index is 965. The lowest BCUT2D eigenvalue weighted by Gasteiger charge is -2.33. The van der Waals surface area contributed by atoms with E-state index >= 15 is 0 Å². The van der Waals surface area contributed by atoms with Crippen LogP contribution >= 0.6 is 11.6 Å². The van der Waals surface area contributed by atoms with E-state index in [2.05, 4.69) is 6.07 Å². The van der Waals surface area contributed by atoms with Crippen LogP contribution in [0.5, 0.6) is 0 Å². The second kappa shape index (κ2) is 6.40. The van der Waals surface area contributed by atoms with E-state index in [1.165, 1.54) is 0 Å². The minimum absolute atomic E-state index is 0.0408. The van der Waals surface area contributed by atoms with Crippen LogP contribution in [-0.2, 0) is 9.53 Å². The van der Waals surface area contributed by atoms with Crippen LogP contribution in [0.3, 0.4) is 0 Å². The average Bonchev–Trinajstić information content (AvgIpc) is 3.16. The summed E-state index contributed by atoms with van der Waals surface area (Å²) in [5.41, 5.74) is 7.54. The van der Waals surface area contributed by atoms with Crippen molar-refractivity contribution in [2.75, 3.05) is 0 Å². The number of ketones is 1. The topological polar surface area (TPSA) is 89.3 Å². The van der Waals surface area contributed by atoms with Gasteiger partial charge in [-0.1, -0.05) is 23.7 Å². The number of allylic oxidation sites excluding steroid dienone is 3. The van der Waals surface area contributed by atoms with E-state index in [-0.39, 0.29) is 23.2 Å². The summed E-state index contributed by atoms with van der Waals surface area (Å²) >= 11 is 5.98. The van der Waals surface area contributed by atoms with Gasteiger partial charge in [-0.3, -0.25) is 4.79 Å². The van der Waals surface area contributed by atoms with E-state index in [0.29, 0.717) is 29.2 Å². The molecule has 5 nitrogen and oxygen atoms in total. The van der Waals surface area contributed by atoms with E-state index in [1.54, 1.807) is 36.6 Å². The third-order valence-corrected chi connectivity index (χ3v) is 5.06. The first-order valence-electron chi connectivity index (χ1n) is 8.21. The summed E-state index contributed by atoms with van der Waals surface area (Å²) in [6.45, 7) is 0. The maximum Gasteiger partial charge on any atom is 0.205 e. The Morgan fingerprint density at radius 3 is 2.62 bits per heavy atom. The van der Waals surface area contributed by atoms with Crippen molar-refractivity contribution in [1.29, 1.82) is 5.26 Å². The molecule has 0 spiro atoms. The molecular formula is C20H15ClN2O3. The first-order valence-corrected chi connectivity index (χ1v) is 8.59. The highest BCUT2D eigenvalue weighted by Crippen LogP contribution is 2.46. The van der Waals surface area contributed by atoms with Crippen LogP contribution in [0.2, 0.25) is 5.02 Å². The fraction of sp³-hybridized carbons (Fsp3) is 0.200. The van der Waals surface area contributed by atoms with Gasteiger partial charge in [0, 0.05) is 29.4 Å². The molecule has 0 radical (unpaired) electrons. The summed E-state index contributed by atoms with van der Waals surface area (Å²) in [5.74, 6) is 0.598. The summed E-state index contributed by atoms with van der Waals surface area (Å²) in [4.78, 5) is 13.0. The number of halogens is 1. The van der Waals surface area contributed by atoms with Gasteiger partial charge < -0.3 is 14.9 Å². The maximum absolute atomic E-state index is 13.0. The number of nitrogens with zero attached hydrogens (tertiary/aromatic N) is 1. The zero-order valence-electron chi connectivity index (χ0n) is 13.7.